The molecule has 0 atom stereocenters. The van der Waals surface area contributed by atoms with Gasteiger partial charge in [0.05, 0.1) is 22.6 Å². The van der Waals surface area contributed by atoms with Gasteiger partial charge in [-0.2, -0.15) is 5.10 Å². The highest BCUT2D eigenvalue weighted by molar-refractivity contribution is 7.92. The minimum Gasteiger partial charge on any atom is -0.497 e. The number of methoxy groups -OCH3 is 1. The number of benzene rings is 3. The van der Waals surface area contributed by atoms with Gasteiger partial charge in [-0.15, -0.1) is 0 Å². The maximum Gasteiger partial charge on any atom is 0.271 e. The van der Waals surface area contributed by atoms with Crippen molar-refractivity contribution < 1.29 is 22.9 Å². The third-order valence-corrected chi connectivity index (χ3v) is 5.93. The van der Waals surface area contributed by atoms with Crippen LogP contribution in [0.1, 0.15) is 22.8 Å². The number of nitrogens with zero attached hydrogens (tertiary/aromatic N) is 2. The summed E-state index contributed by atoms with van der Waals surface area (Å²) in [5, 5.41) is 14.9. The van der Waals surface area contributed by atoms with Gasteiger partial charge in [0.1, 0.15) is 5.75 Å². The number of hydrogen-bond donors (Lipinski definition) is 2. The Hall–Kier alpha value is -4.25. The van der Waals surface area contributed by atoms with Gasteiger partial charge in [0.2, 0.25) is 0 Å². The topological polar surface area (TPSA) is 140 Å². The standard InChI is InChI=1S/C22H20N4O6S/c1-15(16-5-3-7-19(13-16)26(28)29)23-24-22(27)17-6-4-8-21(14-17)33(30,31)25-18-9-11-20(32-2)12-10-18/h3-14,25H,1-2H3,(H,24,27)/b23-15+. The zero-order chi connectivity index (χ0) is 24.0. The Morgan fingerprint density at radius 3 is 2.33 bits per heavy atom. The van der Waals surface area contributed by atoms with Crippen LogP contribution in [0.3, 0.4) is 0 Å². The largest absolute Gasteiger partial charge is 0.497 e. The van der Waals surface area contributed by atoms with E-state index in [4.69, 9.17) is 4.74 Å². The van der Waals surface area contributed by atoms with Crippen molar-refractivity contribution >= 4 is 33.0 Å². The molecule has 0 aromatic heterocycles. The lowest BCUT2D eigenvalue weighted by Crippen LogP contribution is -2.20. The first-order valence-electron chi connectivity index (χ1n) is 9.56. The van der Waals surface area contributed by atoms with Crippen LogP contribution in [0.4, 0.5) is 11.4 Å². The minimum absolute atomic E-state index is 0.0724. The number of ether oxygens (including phenoxy) is 1. The SMILES string of the molecule is COc1ccc(NS(=O)(=O)c2cccc(C(=O)N/N=C(\C)c3cccc([N+](=O)[O-])c3)c2)cc1. The molecule has 0 aliphatic rings. The summed E-state index contributed by atoms with van der Waals surface area (Å²) < 4.78 is 32.9. The number of rotatable bonds is 8. The van der Waals surface area contributed by atoms with Gasteiger partial charge in [0.15, 0.2) is 0 Å². The Balaban J connectivity index is 1.75. The van der Waals surface area contributed by atoms with Crippen molar-refractivity contribution in [2.45, 2.75) is 11.8 Å². The molecule has 10 nitrogen and oxygen atoms in total. The fourth-order valence-corrected chi connectivity index (χ4v) is 3.89. The normalized spacial score (nSPS) is 11.5. The van der Waals surface area contributed by atoms with Gasteiger partial charge in [0.25, 0.3) is 21.6 Å². The molecule has 2 N–H and O–H groups in total. The lowest BCUT2D eigenvalue weighted by Gasteiger charge is -2.10. The number of carbonyl (C=O) groups is 1. The van der Waals surface area contributed by atoms with Crippen molar-refractivity contribution in [1.82, 2.24) is 5.43 Å². The van der Waals surface area contributed by atoms with Crippen LogP contribution in [0.25, 0.3) is 0 Å². The third-order valence-electron chi connectivity index (χ3n) is 4.55. The van der Waals surface area contributed by atoms with E-state index in [-0.39, 0.29) is 16.1 Å². The Morgan fingerprint density at radius 1 is 1.00 bits per heavy atom. The van der Waals surface area contributed by atoms with E-state index in [0.717, 1.165) is 0 Å². The van der Waals surface area contributed by atoms with Crippen molar-refractivity contribution in [3.05, 3.63) is 94.0 Å². The summed E-state index contributed by atoms with van der Waals surface area (Å²) in [6, 6.07) is 17.6. The summed E-state index contributed by atoms with van der Waals surface area (Å²) in [4.78, 5) is 22.8. The summed E-state index contributed by atoms with van der Waals surface area (Å²) in [5.74, 6) is -0.0566. The second kappa shape index (κ2) is 9.92. The predicted molar refractivity (Wildman–Crippen MR) is 123 cm³/mol. The smallest absolute Gasteiger partial charge is 0.271 e. The third kappa shape index (κ3) is 5.92. The van der Waals surface area contributed by atoms with E-state index < -0.39 is 20.9 Å². The lowest BCUT2D eigenvalue weighted by atomic mass is 10.1. The van der Waals surface area contributed by atoms with Gasteiger partial charge in [-0.1, -0.05) is 18.2 Å². The summed E-state index contributed by atoms with van der Waals surface area (Å²) in [5.41, 5.74) is 3.45. The summed E-state index contributed by atoms with van der Waals surface area (Å²) in [6.45, 7) is 1.58. The van der Waals surface area contributed by atoms with Crippen LogP contribution in [-0.4, -0.2) is 32.1 Å². The molecule has 3 aromatic rings. The van der Waals surface area contributed by atoms with Crippen LogP contribution in [-0.2, 0) is 10.0 Å². The summed E-state index contributed by atoms with van der Waals surface area (Å²) >= 11 is 0. The zero-order valence-electron chi connectivity index (χ0n) is 17.7. The first-order chi connectivity index (χ1) is 15.7. The predicted octanol–water partition coefficient (Wildman–Crippen LogP) is 3.56. The molecule has 11 heteroatoms. The fourth-order valence-electron chi connectivity index (χ4n) is 2.79. The van der Waals surface area contributed by atoms with Gasteiger partial charge in [-0.05, 0) is 49.4 Å². The maximum absolute atomic E-state index is 12.7. The van der Waals surface area contributed by atoms with E-state index in [9.17, 15) is 23.3 Å². The molecular weight excluding hydrogens is 448 g/mol. The summed E-state index contributed by atoms with van der Waals surface area (Å²) in [6.07, 6.45) is 0. The van der Waals surface area contributed by atoms with E-state index in [0.29, 0.717) is 22.7 Å². The van der Waals surface area contributed by atoms with E-state index in [1.165, 1.54) is 49.6 Å². The second-order valence-electron chi connectivity index (χ2n) is 6.81. The molecule has 0 unspecified atom stereocenters. The molecule has 33 heavy (non-hydrogen) atoms. The number of amides is 1. The van der Waals surface area contributed by atoms with Crippen LogP contribution < -0.4 is 14.9 Å². The van der Waals surface area contributed by atoms with E-state index in [1.54, 1.807) is 37.3 Å². The van der Waals surface area contributed by atoms with E-state index >= 15 is 0 Å². The Kier molecular flexibility index (Phi) is 7.04. The van der Waals surface area contributed by atoms with Crippen molar-refractivity contribution in [3.63, 3.8) is 0 Å². The lowest BCUT2D eigenvalue weighted by molar-refractivity contribution is -0.384. The minimum atomic E-state index is -3.95. The van der Waals surface area contributed by atoms with Crippen LogP contribution in [0.5, 0.6) is 5.75 Å². The van der Waals surface area contributed by atoms with Crippen molar-refractivity contribution in [1.29, 1.82) is 0 Å². The van der Waals surface area contributed by atoms with Crippen LogP contribution in [0.15, 0.2) is 82.8 Å². The van der Waals surface area contributed by atoms with E-state index in [2.05, 4.69) is 15.2 Å². The van der Waals surface area contributed by atoms with Gasteiger partial charge < -0.3 is 4.74 Å². The number of hydrogen-bond acceptors (Lipinski definition) is 7. The molecule has 0 saturated heterocycles. The zero-order valence-corrected chi connectivity index (χ0v) is 18.5. The first kappa shape index (κ1) is 23.4. The number of nitrogens with one attached hydrogen (secondary N) is 2. The van der Waals surface area contributed by atoms with Crippen molar-refractivity contribution in [2.24, 2.45) is 5.10 Å². The molecule has 0 saturated carbocycles. The average molecular weight is 468 g/mol. The second-order valence-corrected chi connectivity index (χ2v) is 8.49. The highest BCUT2D eigenvalue weighted by Gasteiger charge is 2.17. The first-order valence-corrected chi connectivity index (χ1v) is 11.0. The van der Waals surface area contributed by atoms with Gasteiger partial charge in [-0.3, -0.25) is 19.6 Å². The van der Waals surface area contributed by atoms with Crippen molar-refractivity contribution in [2.75, 3.05) is 11.8 Å². The Morgan fingerprint density at radius 2 is 1.67 bits per heavy atom. The molecule has 0 aliphatic heterocycles. The number of non-ortho nitro benzene ring substituents is 1. The number of nitro benzene ring substituents is 1. The molecule has 3 aromatic carbocycles. The van der Waals surface area contributed by atoms with E-state index in [1.807, 2.05) is 0 Å². The molecule has 0 fully saturated rings. The Bertz CT molecular complexity index is 1320. The molecule has 0 heterocycles. The molecule has 0 spiro atoms. The monoisotopic (exact) mass is 468 g/mol. The number of hydrazone groups is 1. The molecule has 0 bridgehead atoms. The molecule has 3 rings (SSSR count). The number of sulfonamides is 1. The fraction of sp³-hybridized carbons (Fsp3) is 0.0909. The molecular formula is C22H20N4O6S. The van der Waals surface area contributed by atoms with Crippen molar-refractivity contribution in [3.8, 4) is 5.75 Å². The Labute approximate surface area is 190 Å². The quantitative estimate of drug-likeness (QED) is 0.294. The molecule has 170 valence electrons. The number of carbonyl (C=O) groups excluding carboxylic acids is 1. The molecule has 1 amide bonds. The van der Waals surface area contributed by atoms with Crippen LogP contribution in [0.2, 0.25) is 0 Å². The van der Waals surface area contributed by atoms with Gasteiger partial charge in [-0.25, -0.2) is 13.8 Å². The number of nitro groups is 1. The van der Waals surface area contributed by atoms with Crippen LogP contribution >= 0.6 is 0 Å². The highest BCUT2D eigenvalue weighted by Crippen LogP contribution is 2.20. The van der Waals surface area contributed by atoms with Crippen LogP contribution in [0, 0.1) is 10.1 Å². The number of anilines is 1. The van der Waals surface area contributed by atoms with Gasteiger partial charge >= 0.3 is 0 Å². The maximum atomic E-state index is 12.7. The van der Waals surface area contributed by atoms with Gasteiger partial charge in [0, 0.05) is 28.9 Å². The summed E-state index contributed by atoms with van der Waals surface area (Å²) in [7, 11) is -2.44. The molecule has 0 radical (unpaired) electrons. The highest BCUT2D eigenvalue weighted by atomic mass is 32.2. The average Bonchev–Trinajstić information content (AvgIpc) is 2.82. The molecule has 0 aliphatic carbocycles.